The number of hydrogen-bond acceptors (Lipinski definition) is 6. The van der Waals surface area contributed by atoms with Crippen molar-refractivity contribution in [3.8, 4) is 11.5 Å². The summed E-state index contributed by atoms with van der Waals surface area (Å²) in [6.45, 7) is 1.59. The third-order valence-corrected chi connectivity index (χ3v) is 5.97. The average Bonchev–Trinajstić information content (AvgIpc) is 3.07. The second-order valence-electron chi connectivity index (χ2n) is 6.61. The third kappa shape index (κ3) is 4.44. The maximum Gasteiger partial charge on any atom is 0.433 e. The monoisotopic (exact) mass is 455 g/mol. The van der Waals surface area contributed by atoms with E-state index in [2.05, 4.69) is 15.0 Å². The minimum atomic E-state index is -4.60. The number of fused-ring (bicyclic) bond motifs is 1. The highest BCUT2D eigenvalue weighted by Gasteiger charge is 2.33. The number of halogens is 3. The number of anilines is 1. The van der Waals surface area contributed by atoms with Gasteiger partial charge in [-0.2, -0.15) is 13.2 Å². The fourth-order valence-corrected chi connectivity index (χ4v) is 3.86. The van der Waals surface area contributed by atoms with Crippen LogP contribution in [0, 0.1) is 0 Å². The van der Waals surface area contributed by atoms with Crippen molar-refractivity contribution in [1.82, 2.24) is 19.5 Å². The second-order valence-corrected chi connectivity index (χ2v) is 8.32. The van der Waals surface area contributed by atoms with Crippen molar-refractivity contribution in [3.63, 3.8) is 0 Å². The van der Waals surface area contributed by atoms with Crippen molar-refractivity contribution >= 4 is 33.4 Å². The van der Waals surface area contributed by atoms with E-state index < -0.39 is 22.7 Å². The minimum Gasteiger partial charge on any atom is -0.375 e. The number of methoxy groups -OCH3 is 1. The average molecular weight is 455 g/mol. The number of carbonyl (C=O) groups is 1. The Bertz CT molecular complexity index is 1160. The molecule has 0 saturated heterocycles. The number of rotatable bonds is 6. The molecule has 0 spiro atoms. The van der Waals surface area contributed by atoms with Crippen LogP contribution in [0.3, 0.4) is 0 Å². The van der Waals surface area contributed by atoms with Crippen molar-refractivity contribution in [2.45, 2.75) is 18.0 Å². The third-order valence-electron chi connectivity index (χ3n) is 4.64. The molecule has 0 aromatic carbocycles. The van der Waals surface area contributed by atoms with Crippen LogP contribution < -0.4 is 4.90 Å². The molecule has 1 amide bonds. The minimum absolute atomic E-state index is 0.0892. The van der Waals surface area contributed by atoms with E-state index in [0.717, 1.165) is 12.3 Å². The number of aromatic nitrogens is 4. The Morgan fingerprint density at radius 2 is 1.97 bits per heavy atom. The molecule has 3 rings (SSSR count). The largest absolute Gasteiger partial charge is 0.433 e. The van der Waals surface area contributed by atoms with Crippen LogP contribution >= 0.6 is 0 Å². The van der Waals surface area contributed by atoms with Gasteiger partial charge in [-0.1, -0.05) is 6.92 Å². The first-order valence-corrected chi connectivity index (χ1v) is 10.4. The normalized spacial score (nSPS) is 12.9. The van der Waals surface area contributed by atoms with E-state index in [1.165, 1.54) is 25.3 Å². The van der Waals surface area contributed by atoms with Gasteiger partial charge in [0.1, 0.15) is 18.0 Å². The fourth-order valence-electron chi connectivity index (χ4n) is 2.93. The molecule has 12 heteroatoms. The van der Waals surface area contributed by atoms with E-state index in [1.54, 1.807) is 24.6 Å². The van der Waals surface area contributed by atoms with Gasteiger partial charge in [-0.25, -0.2) is 15.0 Å². The van der Waals surface area contributed by atoms with Crippen LogP contribution in [0.5, 0.6) is 0 Å². The second kappa shape index (κ2) is 8.71. The van der Waals surface area contributed by atoms with Gasteiger partial charge in [0.25, 0.3) is 5.91 Å². The first kappa shape index (κ1) is 22.8. The zero-order chi connectivity index (χ0) is 22.9. The molecule has 0 aliphatic heterocycles. The van der Waals surface area contributed by atoms with Crippen molar-refractivity contribution in [2.24, 2.45) is 7.05 Å². The molecule has 0 fully saturated rings. The van der Waals surface area contributed by atoms with Crippen LogP contribution in [-0.4, -0.2) is 56.2 Å². The van der Waals surface area contributed by atoms with E-state index in [4.69, 9.17) is 4.74 Å². The SMILES string of the molecule is CCS(=O)c1cc(N(C)C(=O)COC)cnc1-c1nc2cc(C(F)(F)F)ncc2n1C. The molecule has 0 bridgehead atoms. The summed E-state index contributed by atoms with van der Waals surface area (Å²) in [5.41, 5.74) is 0.0654. The van der Waals surface area contributed by atoms with Crippen LogP contribution in [0.15, 0.2) is 29.4 Å². The van der Waals surface area contributed by atoms with Crippen molar-refractivity contribution < 1.29 is 26.9 Å². The Morgan fingerprint density at radius 1 is 1.26 bits per heavy atom. The van der Waals surface area contributed by atoms with Gasteiger partial charge in [-0.3, -0.25) is 9.00 Å². The summed E-state index contributed by atoms with van der Waals surface area (Å²) >= 11 is 0. The lowest BCUT2D eigenvalue weighted by Crippen LogP contribution is -2.30. The van der Waals surface area contributed by atoms with Crippen molar-refractivity contribution in [1.29, 1.82) is 0 Å². The number of pyridine rings is 2. The molecule has 1 atom stereocenters. The molecule has 0 aliphatic rings. The summed E-state index contributed by atoms with van der Waals surface area (Å²) in [4.78, 5) is 25.9. The van der Waals surface area contributed by atoms with Crippen LogP contribution in [0.25, 0.3) is 22.6 Å². The van der Waals surface area contributed by atoms with Gasteiger partial charge in [0.05, 0.1) is 44.8 Å². The lowest BCUT2D eigenvalue weighted by Gasteiger charge is -2.18. The molecule has 1 unspecified atom stereocenters. The number of hydrogen-bond donors (Lipinski definition) is 0. The van der Waals surface area contributed by atoms with Gasteiger partial charge in [-0.15, -0.1) is 0 Å². The maximum absolute atomic E-state index is 13.0. The first-order chi connectivity index (χ1) is 14.6. The molecule has 0 radical (unpaired) electrons. The Labute approximate surface area is 178 Å². The highest BCUT2D eigenvalue weighted by molar-refractivity contribution is 7.85. The molecule has 31 heavy (non-hydrogen) atoms. The lowest BCUT2D eigenvalue weighted by molar-refractivity contribution is -0.141. The summed E-state index contributed by atoms with van der Waals surface area (Å²) in [6, 6.07) is 2.43. The maximum atomic E-state index is 13.0. The summed E-state index contributed by atoms with van der Waals surface area (Å²) in [7, 11) is 3.07. The van der Waals surface area contributed by atoms with Gasteiger partial charge in [0.15, 0.2) is 5.82 Å². The van der Waals surface area contributed by atoms with Gasteiger partial charge in [0.2, 0.25) is 0 Å². The molecule has 0 aliphatic carbocycles. The number of carbonyl (C=O) groups excluding carboxylic acids is 1. The van der Waals surface area contributed by atoms with Crippen LogP contribution in [0.1, 0.15) is 12.6 Å². The zero-order valence-corrected chi connectivity index (χ0v) is 18.0. The van der Waals surface area contributed by atoms with Crippen LogP contribution in [0.2, 0.25) is 0 Å². The van der Waals surface area contributed by atoms with E-state index in [1.807, 2.05) is 0 Å². The summed E-state index contributed by atoms with van der Waals surface area (Å²) in [6.07, 6.45) is -2.09. The van der Waals surface area contributed by atoms with E-state index >= 15 is 0 Å². The predicted molar refractivity (Wildman–Crippen MR) is 109 cm³/mol. The number of alkyl halides is 3. The molecule has 0 N–H and O–H groups in total. The van der Waals surface area contributed by atoms with E-state index in [0.29, 0.717) is 16.1 Å². The number of ether oxygens (including phenoxy) is 1. The number of amides is 1. The van der Waals surface area contributed by atoms with Crippen LogP contribution in [0.4, 0.5) is 18.9 Å². The molecule has 8 nitrogen and oxygen atoms in total. The quantitative estimate of drug-likeness (QED) is 0.568. The Balaban J connectivity index is 2.15. The molecular formula is C19H20F3N5O3S. The molecule has 0 saturated carbocycles. The molecular weight excluding hydrogens is 435 g/mol. The molecule has 3 aromatic heterocycles. The van der Waals surface area contributed by atoms with Crippen LogP contribution in [-0.2, 0) is 33.6 Å². The number of aryl methyl sites for hydroxylation is 1. The topological polar surface area (TPSA) is 90.2 Å². The van der Waals surface area contributed by atoms with Crippen molar-refractivity contribution in [3.05, 3.63) is 30.2 Å². The van der Waals surface area contributed by atoms with E-state index in [9.17, 15) is 22.2 Å². The molecule has 166 valence electrons. The predicted octanol–water partition coefficient (Wildman–Crippen LogP) is 2.79. The van der Waals surface area contributed by atoms with Crippen molar-refractivity contribution in [2.75, 3.05) is 31.4 Å². The van der Waals surface area contributed by atoms with Gasteiger partial charge in [0, 0.05) is 27.0 Å². The lowest BCUT2D eigenvalue weighted by atomic mass is 10.3. The number of nitrogens with zero attached hydrogens (tertiary/aromatic N) is 5. The Hall–Kier alpha value is -2.86. The highest BCUT2D eigenvalue weighted by atomic mass is 32.2. The molecule has 3 aromatic rings. The zero-order valence-electron chi connectivity index (χ0n) is 17.2. The summed E-state index contributed by atoms with van der Waals surface area (Å²) in [5.74, 6) is 0.196. The highest BCUT2D eigenvalue weighted by Crippen LogP contribution is 2.32. The first-order valence-electron chi connectivity index (χ1n) is 9.12. The van der Waals surface area contributed by atoms with Gasteiger partial charge >= 0.3 is 6.18 Å². The number of likely N-dealkylation sites (N-methyl/N-ethyl adjacent to an activating group) is 1. The standard InChI is InChI=1S/C19H20F3N5O3S/c1-5-31(29)14-6-11(26(2)16(28)10-30-4)8-24-17(14)18-25-12-7-15(19(20,21)22)23-9-13(12)27(18)3/h6-9H,5,10H2,1-4H3. The van der Waals surface area contributed by atoms with Gasteiger partial charge in [-0.05, 0) is 12.1 Å². The Kier molecular flexibility index (Phi) is 6.41. The van der Waals surface area contributed by atoms with E-state index in [-0.39, 0.29) is 35.3 Å². The Morgan fingerprint density at radius 3 is 2.58 bits per heavy atom. The number of imidazole rings is 1. The summed E-state index contributed by atoms with van der Waals surface area (Å²) in [5, 5.41) is 0. The molecule has 3 heterocycles. The van der Waals surface area contributed by atoms with Gasteiger partial charge < -0.3 is 14.2 Å². The fraction of sp³-hybridized carbons (Fsp3) is 0.368. The summed E-state index contributed by atoms with van der Waals surface area (Å²) < 4.78 is 58.2. The smallest absolute Gasteiger partial charge is 0.375 e.